The second kappa shape index (κ2) is 7.34. The van der Waals surface area contributed by atoms with Gasteiger partial charge < -0.3 is 10.6 Å². The largest absolute Gasteiger partial charge is 0.337 e. The smallest absolute Gasteiger partial charge is 0.235 e. The van der Waals surface area contributed by atoms with Gasteiger partial charge in [0.2, 0.25) is 16.7 Å². The van der Waals surface area contributed by atoms with Gasteiger partial charge in [-0.1, -0.05) is 40.8 Å². The number of quaternary nitrogens is 1. The Bertz CT molecular complexity index is 944. The van der Waals surface area contributed by atoms with Gasteiger partial charge in [-0.15, -0.1) is 15.3 Å². The van der Waals surface area contributed by atoms with Crippen molar-refractivity contribution in [3.05, 3.63) is 35.2 Å². The minimum atomic E-state index is -0.0303. The summed E-state index contributed by atoms with van der Waals surface area (Å²) in [7, 11) is 0. The summed E-state index contributed by atoms with van der Waals surface area (Å²) in [6.45, 7) is 5.17. The van der Waals surface area contributed by atoms with Gasteiger partial charge in [0.05, 0.1) is 12.3 Å². The average molecular weight is 390 g/mol. The van der Waals surface area contributed by atoms with Gasteiger partial charge in [-0.2, -0.15) is 4.52 Å². The van der Waals surface area contributed by atoms with E-state index in [0.29, 0.717) is 11.8 Å². The first-order chi connectivity index (χ1) is 12.6. The number of carbonyl (C=O) groups is 1. The molecule has 9 heteroatoms. The zero-order valence-electron chi connectivity index (χ0n) is 14.7. The van der Waals surface area contributed by atoms with Crippen molar-refractivity contribution in [2.24, 2.45) is 0 Å². The fourth-order valence-electron chi connectivity index (χ4n) is 3.18. The number of aryl methyl sites for hydroxylation is 2. The Balaban J connectivity index is 1.40. The normalized spacial score (nSPS) is 17.1. The summed E-state index contributed by atoms with van der Waals surface area (Å²) < 4.78 is 2.67. The van der Waals surface area contributed by atoms with Crippen LogP contribution in [-0.4, -0.2) is 38.0 Å². The van der Waals surface area contributed by atoms with E-state index in [4.69, 9.17) is 0 Å². The topological polar surface area (TPSA) is 88.8 Å². The van der Waals surface area contributed by atoms with Crippen LogP contribution in [0.5, 0.6) is 0 Å². The molecular formula is C17H21N6OS2+. The molecule has 2 aromatic heterocycles. The van der Waals surface area contributed by atoms with Crippen molar-refractivity contribution in [3.8, 4) is 0 Å². The fourth-order valence-corrected chi connectivity index (χ4v) is 4.86. The van der Waals surface area contributed by atoms with Gasteiger partial charge in [0.1, 0.15) is 6.04 Å². The van der Waals surface area contributed by atoms with E-state index < -0.39 is 0 Å². The fraction of sp³-hybridized carbons (Fsp3) is 0.412. The lowest BCUT2D eigenvalue weighted by Gasteiger charge is -2.08. The summed E-state index contributed by atoms with van der Waals surface area (Å²) in [6, 6.07) is 6.35. The van der Waals surface area contributed by atoms with Crippen molar-refractivity contribution < 1.29 is 10.1 Å². The van der Waals surface area contributed by atoms with Crippen molar-refractivity contribution in [2.45, 2.75) is 37.1 Å². The van der Waals surface area contributed by atoms with Crippen molar-refractivity contribution in [1.82, 2.24) is 19.8 Å². The number of nitrogens with two attached hydrogens (primary N) is 1. The van der Waals surface area contributed by atoms with Crippen LogP contribution in [0.15, 0.2) is 22.5 Å². The van der Waals surface area contributed by atoms with E-state index in [1.807, 2.05) is 30.5 Å². The first kappa shape index (κ1) is 17.4. The number of amides is 1. The molecule has 1 amide bonds. The van der Waals surface area contributed by atoms with Crippen LogP contribution >= 0.6 is 23.1 Å². The molecule has 0 spiro atoms. The molecule has 0 unspecified atom stereocenters. The number of rotatable bonds is 5. The van der Waals surface area contributed by atoms with Gasteiger partial charge in [-0.05, 0) is 25.5 Å². The Morgan fingerprint density at radius 2 is 2.31 bits per heavy atom. The van der Waals surface area contributed by atoms with Crippen LogP contribution in [-0.2, 0) is 4.79 Å². The second-order valence-electron chi connectivity index (χ2n) is 6.55. The highest BCUT2D eigenvalue weighted by atomic mass is 32.2. The van der Waals surface area contributed by atoms with Gasteiger partial charge in [0.15, 0.2) is 4.34 Å². The quantitative estimate of drug-likeness (QED) is 0.651. The maximum absolute atomic E-state index is 12.3. The molecule has 0 radical (unpaired) electrons. The molecule has 26 heavy (non-hydrogen) atoms. The Morgan fingerprint density at radius 1 is 1.42 bits per heavy atom. The predicted octanol–water partition coefficient (Wildman–Crippen LogP) is 1.93. The number of nitrogens with one attached hydrogen (secondary N) is 1. The van der Waals surface area contributed by atoms with E-state index in [1.54, 1.807) is 0 Å². The Morgan fingerprint density at radius 3 is 3.08 bits per heavy atom. The zero-order chi connectivity index (χ0) is 18.1. The molecule has 3 aromatic rings. The molecule has 0 aliphatic carbocycles. The van der Waals surface area contributed by atoms with E-state index in [9.17, 15) is 4.79 Å². The van der Waals surface area contributed by atoms with E-state index in [-0.39, 0.29) is 5.91 Å². The maximum atomic E-state index is 12.3. The third-order valence-corrected chi connectivity index (χ3v) is 6.51. The number of fused-ring (bicyclic) bond motifs is 1. The van der Waals surface area contributed by atoms with Crippen molar-refractivity contribution >= 4 is 39.7 Å². The number of carbonyl (C=O) groups excluding carboxylic acids is 1. The molecule has 0 saturated carbocycles. The molecule has 7 nitrogen and oxygen atoms in total. The van der Waals surface area contributed by atoms with Gasteiger partial charge in [0, 0.05) is 18.5 Å². The number of nitrogens with zero attached hydrogens (tertiary/aromatic N) is 4. The molecule has 1 atom stereocenters. The maximum Gasteiger partial charge on any atom is 0.235 e. The van der Waals surface area contributed by atoms with Gasteiger partial charge >= 0.3 is 0 Å². The van der Waals surface area contributed by atoms with E-state index in [0.717, 1.165) is 39.3 Å². The zero-order valence-corrected chi connectivity index (χ0v) is 16.4. The molecule has 1 aliphatic rings. The number of thioether (sulfide) groups is 1. The van der Waals surface area contributed by atoms with Crippen LogP contribution < -0.4 is 10.6 Å². The molecule has 1 aliphatic heterocycles. The molecule has 3 N–H and O–H groups in total. The van der Waals surface area contributed by atoms with Crippen molar-refractivity contribution in [1.29, 1.82) is 0 Å². The summed E-state index contributed by atoms with van der Waals surface area (Å²) in [5.74, 6) is 1.21. The van der Waals surface area contributed by atoms with Crippen LogP contribution in [0.3, 0.4) is 0 Å². The molecule has 136 valence electrons. The minimum Gasteiger partial charge on any atom is -0.337 e. The van der Waals surface area contributed by atoms with Gasteiger partial charge in [-0.25, -0.2) is 0 Å². The summed E-state index contributed by atoms with van der Waals surface area (Å²) in [4.78, 5) is 13.0. The van der Waals surface area contributed by atoms with E-state index in [1.165, 1.54) is 35.1 Å². The van der Waals surface area contributed by atoms with Crippen LogP contribution in [0.1, 0.15) is 35.8 Å². The summed E-state index contributed by atoms with van der Waals surface area (Å²) in [5.41, 5.74) is 3.11. The molecule has 1 saturated heterocycles. The number of anilines is 1. The van der Waals surface area contributed by atoms with Crippen molar-refractivity contribution in [2.75, 3.05) is 17.6 Å². The van der Waals surface area contributed by atoms with Crippen LogP contribution in [0.4, 0.5) is 5.69 Å². The highest BCUT2D eigenvalue weighted by Crippen LogP contribution is 2.27. The van der Waals surface area contributed by atoms with Crippen molar-refractivity contribution in [3.63, 3.8) is 0 Å². The van der Waals surface area contributed by atoms with E-state index >= 15 is 0 Å². The first-order valence-corrected chi connectivity index (χ1v) is 10.5. The number of aromatic nitrogens is 4. The lowest BCUT2D eigenvalue weighted by molar-refractivity contribution is -0.677. The molecule has 1 aromatic carbocycles. The Hall–Kier alpha value is -1.97. The minimum absolute atomic E-state index is 0.0303. The average Bonchev–Trinajstić information content (AvgIpc) is 3.31. The van der Waals surface area contributed by atoms with Gasteiger partial charge in [-0.3, -0.25) is 4.79 Å². The Labute approximate surface area is 159 Å². The third kappa shape index (κ3) is 3.60. The molecule has 4 rings (SSSR count). The Kier molecular flexibility index (Phi) is 4.92. The SMILES string of the molecule is Cc1ccc(NC(=O)CSc2nn3c([C@H]4CCC[NH2+]4)nnc3s2)c(C)c1. The number of benzene rings is 1. The van der Waals surface area contributed by atoms with Crippen LogP contribution in [0, 0.1) is 13.8 Å². The highest BCUT2D eigenvalue weighted by Gasteiger charge is 2.27. The third-order valence-electron chi connectivity index (χ3n) is 4.48. The first-order valence-electron chi connectivity index (χ1n) is 8.65. The van der Waals surface area contributed by atoms with Crippen LogP contribution in [0.25, 0.3) is 4.96 Å². The van der Waals surface area contributed by atoms with Gasteiger partial charge in [0.25, 0.3) is 0 Å². The molecule has 0 bridgehead atoms. The number of hydrogen-bond acceptors (Lipinski definition) is 6. The lowest BCUT2D eigenvalue weighted by Crippen LogP contribution is -2.82. The second-order valence-corrected chi connectivity index (χ2v) is 8.73. The monoisotopic (exact) mass is 389 g/mol. The standard InChI is InChI=1S/C17H20N6OS2/c1-10-5-6-12(11(2)8-10)19-14(24)9-25-17-22-23-15(13-4-3-7-18-13)20-21-16(23)26-17/h5-6,8,13,18H,3-4,7,9H2,1-2H3,(H,19,24)/p+1/t13-/m1/s1. The molecular weight excluding hydrogens is 368 g/mol. The highest BCUT2D eigenvalue weighted by molar-refractivity contribution is 8.01. The molecule has 3 heterocycles. The molecule has 1 fully saturated rings. The van der Waals surface area contributed by atoms with Crippen LogP contribution in [0.2, 0.25) is 0 Å². The predicted molar refractivity (Wildman–Crippen MR) is 103 cm³/mol. The summed E-state index contributed by atoms with van der Waals surface area (Å²) >= 11 is 2.91. The number of hydrogen-bond donors (Lipinski definition) is 2. The van der Waals surface area contributed by atoms with E-state index in [2.05, 4.69) is 32.0 Å². The lowest BCUT2D eigenvalue weighted by atomic mass is 10.1. The summed E-state index contributed by atoms with van der Waals surface area (Å²) in [6.07, 6.45) is 2.31. The summed E-state index contributed by atoms with van der Waals surface area (Å²) in [5, 5.41) is 18.4.